The van der Waals surface area contributed by atoms with Gasteiger partial charge >= 0.3 is 0 Å². The fraction of sp³-hybridized carbons (Fsp3) is 0.600. The zero-order valence-corrected chi connectivity index (χ0v) is 10.6. The summed E-state index contributed by atoms with van der Waals surface area (Å²) in [5.74, 6) is 0.297. The molecule has 0 saturated carbocycles. The summed E-state index contributed by atoms with van der Waals surface area (Å²) in [6.45, 7) is 0.343. The highest BCUT2D eigenvalue weighted by Gasteiger charge is 2.45. The molecule has 0 aromatic carbocycles. The molecule has 0 saturated heterocycles. The molecule has 1 aliphatic heterocycles. The monoisotopic (exact) mass is 258 g/mol. The summed E-state index contributed by atoms with van der Waals surface area (Å²) >= 11 is 0. The number of nitro groups is 1. The molecule has 0 aromatic heterocycles. The van der Waals surface area contributed by atoms with Crippen LogP contribution in [0.4, 0.5) is 0 Å². The molecule has 0 bridgehead atoms. The lowest BCUT2D eigenvalue weighted by Gasteiger charge is -2.35. The molecule has 0 fully saturated rings. The van der Waals surface area contributed by atoms with Gasteiger partial charge < -0.3 is 20.5 Å². The van der Waals surface area contributed by atoms with Gasteiger partial charge in [0.15, 0.2) is 5.66 Å². The second-order valence-electron chi connectivity index (χ2n) is 3.80. The second kappa shape index (κ2) is 5.69. The van der Waals surface area contributed by atoms with Crippen LogP contribution in [0.5, 0.6) is 0 Å². The maximum atomic E-state index is 11.1. The van der Waals surface area contributed by atoms with E-state index in [1.54, 1.807) is 7.05 Å². The quantitative estimate of drug-likeness (QED) is 0.434. The van der Waals surface area contributed by atoms with Gasteiger partial charge in [0.2, 0.25) is 5.88 Å². The Labute approximate surface area is 105 Å². The molecule has 1 unspecified atom stereocenters. The second-order valence-corrected chi connectivity index (χ2v) is 3.80. The first-order valence-electron chi connectivity index (χ1n) is 5.37. The van der Waals surface area contributed by atoms with E-state index in [1.807, 2.05) is 0 Å². The number of likely N-dealkylation sites (N-methyl/N-ethyl adjacent to an activating group) is 1. The number of methoxy groups -OCH3 is 2. The van der Waals surface area contributed by atoms with Crippen LogP contribution in [-0.4, -0.2) is 38.5 Å². The Kier molecular flexibility index (Phi) is 4.51. The van der Waals surface area contributed by atoms with Gasteiger partial charge in [-0.1, -0.05) is 0 Å². The molecule has 1 rings (SSSR count). The molecule has 1 atom stereocenters. The van der Waals surface area contributed by atoms with E-state index in [-0.39, 0.29) is 11.4 Å². The van der Waals surface area contributed by atoms with Crippen molar-refractivity contribution >= 4 is 0 Å². The highest BCUT2D eigenvalue weighted by Crippen LogP contribution is 2.26. The summed E-state index contributed by atoms with van der Waals surface area (Å²) in [4.78, 5) is 10.7. The number of ether oxygens (including phenoxy) is 2. The van der Waals surface area contributed by atoms with Gasteiger partial charge in [0.25, 0.3) is 5.70 Å². The average Bonchev–Trinajstić information content (AvgIpc) is 2.37. The first kappa shape index (κ1) is 14.3. The van der Waals surface area contributed by atoms with Crippen molar-refractivity contribution in [3.8, 4) is 0 Å². The van der Waals surface area contributed by atoms with Crippen molar-refractivity contribution in [3.63, 3.8) is 0 Å². The SMILES string of the molecule is CNC1(CCOC)NC(OC)=C(N)C=C1[N+](=O)[O-]. The van der Waals surface area contributed by atoms with Crippen LogP contribution < -0.4 is 16.4 Å². The maximum absolute atomic E-state index is 11.1. The molecule has 18 heavy (non-hydrogen) atoms. The predicted molar refractivity (Wildman–Crippen MR) is 64.7 cm³/mol. The summed E-state index contributed by atoms with van der Waals surface area (Å²) < 4.78 is 10.0. The molecule has 102 valence electrons. The van der Waals surface area contributed by atoms with Crippen LogP contribution >= 0.6 is 0 Å². The van der Waals surface area contributed by atoms with Crippen molar-refractivity contribution in [2.45, 2.75) is 12.1 Å². The molecule has 1 aliphatic rings. The number of hydrogen-bond donors (Lipinski definition) is 3. The summed E-state index contributed by atoms with van der Waals surface area (Å²) in [6.07, 6.45) is 1.65. The minimum Gasteiger partial charge on any atom is -0.481 e. The highest BCUT2D eigenvalue weighted by atomic mass is 16.6. The van der Waals surface area contributed by atoms with Crippen LogP contribution in [0.2, 0.25) is 0 Å². The van der Waals surface area contributed by atoms with Gasteiger partial charge in [-0.2, -0.15) is 0 Å². The van der Waals surface area contributed by atoms with Gasteiger partial charge in [-0.25, -0.2) is 0 Å². The van der Waals surface area contributed by atoms with Crippen molar-refractivity contribution in [2.24, 2.45) is 5.73 Å². The van der Waals surface area contributed by atoms with E-state index in [9.17, 15) is 10.1 Å². The standard InChI is InChI=1S/C10H18N4O4/c1-12-10(4-5-17-2)8(14(15)16)6-7(11)9(13-10)18-3/h6,12-13H,4-5,11H2,1-3H3. The van der Waals surface area contributed by atoms with Gasteiger partial charge in [0.05, 0.1) is 24.3 Å². The van der Waals surface area contributed by atoms with E-state index < -0.39 is 10.6 Å². The van der Waals surface area contributed by atoms with E-state index in [2.05, 4.69) is 10.6 Å². The molecule has 0 aromatic rings. The van der Waals surface area contributed by atoms with E-state index in [4.69, 9.17) is 15.2 Å². The van der Waals surface area contributed by atoms with Gasteiger partial charge in [-0.3, -0.25) is 15.4 Å². The van der Waals surface area contributed by atoms with Crippen molar-refractivity contribution in [3.05, 3.63) is 33.5 Å². The first-order valence-corrected chi connectivity index (χ1v) is 5.37. The number of rotatable bonds is 6. The molecule has 4 N–H and O–H groups in total. The Morgan fingerprint density at radius 2 is 2.28 bits per heavy atom. The topological polar surface area (TPSA) is 112 Å². The number of nitrogens with two attached hydrogens (primary N) is 1. The minimum absolute atomic E-state index is 0.0691. The number of nitrogens with one attached hydrogen (secondary N) is 2. The third kappa shape index (κ3) is 2.54. The van der Waals surface area contributed by atoms with E-state index in [1.165, 1.54) is 20.3 Å². The zero-order chi connectivity index (χ0) is 13.8. The Bertz CT molecular complexity index is 393. The summed E-state index contributed by atoms with van der Waals surface area (Å²) in [6, 6.07) is 0. The van der Waals surface area contributed by atoms with E-state index in [0.29, 0.717) is 18.9 Å². The van der Waals surface area contributed by atoms with Gasteiger partial charge in [0, 0.05) is 19.6 Å². The normalized spacial score (nSPS) is 23.4. The number of hydrogen-bond acceptors (Lipinski definition) is 7. The van der Waals surface area contributed by atoms with Gasteiger partial charge in [-0.15, -0.1) is 0 Å². The first-order chi connectivity index (χ1) is 8.50. The number of dihydropyridines is 1. The Balaban J connectivity index is 3.17. The molecule has 0 spiro atoms. The fourth-order valence-corrected chi connectivity index (χ4v) is 1.80. The molecule has 8 heteroatoms. The Morgan fingerprint density at radius 1 is 1.61 bits per heavy atom. The van der Waals surface area contributed by atoms with Crippen LogP contribution in [0.3, 0.4) is 0 Å². The lowest BCUT2D eigenvalue weighted by molar-refractivity contribution is -0.438. The highest BCUT2D eigenvalue weighted by molar-refractivity contribution is 5.32. The van der Waals surface area contributed by atoms with Crippen molar-refractivity contribution < 1.29 is 14.4 Å². The molecule has 1 heterocycles. The van der Waals surface area contributed by atoms with Crippen LogP contribution in [-0.2, 0) is 9.47 Å². The smallest absolute Gasteiger partial charge is 0.288 e. The Morgan fingerprint density at radius 3 is 2.72 bits per heavy atom. The summed E-state index contributed by atoms with van der Waals surface area (Å²) in [7, 11) is 4.59. The third-order valence-electron chi connectivity index (χ3n) is 2.83. The molecule has 0 amide bonds. The number of allylic oxidation sites excluding steroid dienone is 1. The van der Waals surface area contributed by atoms with Crippen LogP contribution in [0.15, 0.2) is 23.4 Å². The lowest BCUT2D eigenvalue weighted by atomic mass is 9.98. The predicted octanol–water partition coefficient (Wildman–Crippen LogP) is -0.523. The maximum Gasteiger partial charge on any atom is 0.288 e. The van der Waals surface area contributed by atoms with E-state index >= 15 is 0 Å². The van der Waals surface area contributed by atoms with Crippen molar-refractivity contribution in [1.29, 1.82) is 0 Å². The van der Waals surface area contributed by atoms with E-state index in [0.717, 1.165) is 0 Å². The van der Waals surface area contributed by atoms with Gasteiger partial charge in [0.1, 0.15) is 0 Å². The van der Waals surface area contributed by atoms with Gasteiger partial charge in [-0.05, 0) is 7.05 Å². The Hall–Kier alpha value is -1.80. The van der Waals surface area contributed by atoms with Crippen LogP contribution in [0.1, 0.15) is 6.42 Å². The van der Waals surface area contributed by atoms with Crippen molar-refractivity contribution in [1.82, 2.24) is 10.6 Å². The molecular formula is C10H18N4O4. The van der Waals surface area contributed by atoms with Crippen LogP contribution in [0, 0.1) is 10.1 Å². The molecule has 0 radical (unpaired) electrons. The summed E-state index contributed by atoms with van der Waals surface area (Å²) in [5, 5.41) is 16.9. The molecule has 8 nitrogen and oxygen atoms in total. The largest absolute Gasteiger partial charge is 0.481 e. The summed E-state index contributed by atoms with van der Waals surface area (Å²) in [5.41, 5.74) is 4.73. The average molecular weight is 258 g/mol. The lowest BCUT2D eigenvalue weighted by Crippen LogP contribution is -2.60. The van der Waals surface area contributed by atoms with Crippen LogP contribution in [0.25, 0.3) is 0 Å². The fourth-order valence-electron chi connectivity index (χ4n) is 1.80. The van der Waals surface area contributed by atoms with Crippen molar-refractivity contribution in [2.75, 3.05) is 27.9 Å². The zero-order valence-electron chi connectivity index (χ0n) is 10.6. The molecular weight excluding hydrogens is 240 g/mol. The number of nitrogens with zero attached hydrogens (tertiary/aromatic N) is 1. The molecule has 0 aliphatic carbocycles. The minimum atomic E-state index is -1.06. The third-order valence-corrected chi connectivity index (χ3v) is 2.83.